The van der Waals surface area contributed by atoms with Gasteiger partial charge in [0.15, 0.2) is 11.5 Å². The Morgan fingerprint density at radius 2 is 1.88 bits per heavy atom. The highest BCUT2D eigenvalue weighted by Gasteiger charge is 2.49. The van der Waals surface area contributed by atoms with Gasteiger partial charge in [0.05, 0.1) is 11.8 Å². The van der Waals surface area contributed by atoms with Crippen LogP contribution in [0.4, 0.5) is 5.69 Å². The second kappa shape index (κ2) is 8.41. The summed E-state index contributed by atoms with van der Waals surface area (Å²) in [4.78, 5) is 55.8. The van der Waals surface area contributed by atoms with Crippen molar-refractivity contribution in [2.45, 2.75) is 12.3 Å². The summed E-state index contributed by atoms with van der Waals surface area (Å²) in [6.45, 7) is 0. The summed E-state index contributed by atoms with van der Waals surface area (Å²) in [7, 11) is 0. The number of imide groups is 1. The molecule has 2 aromatic carbocycles. The third-order valence-electron chi connectivity index (χ3n) is 4.55. The lowest BCUT2D eigenvalue weighted by molar-refractivity contribution is -0.139. The highest BCUT2D eigenvalue weighted by molar-refractivity contribution is 6.67. The average Bonchev–Trinajstić information content (AvgIpc) is 3.20. The Labute approximate surface area is 185 Å². The topological polar surface area (TPSA) is 146 Å². The number of piperidine rings is 1. The standard InChI is InChI=1S/C21H12ClN5O5/c22-11-5-7-12(8-6-11)27-20(30)17(26-25-15(28)9-10-23)16(18(29)21(27)31)19-24-13-3-1-2-4-14(13)32-19/h1-8,16H,9H2,(H,25,28)/b26-17-/t16-/m1/s1. The number of oxazole rings is 1. The Balaban J connectivity index is 1.81. The van der Waals surface area contributed by atoms with E-state index in [1.165, 1.54) is 24.3 Å². The van der Waals surface area contributed by atoms with Crippen LogP contribution in [0, 0.1) is 11.3 Å². The molecule has 1 atom stereocenters. The Morgan fingerprint density at radius 3 is 2.56 bits per heavy atom. The number of halogens is 1. The third-order valence-corrected chi connectivity index (χ3v) is 4.81. The Bertz CT molecular complexity index is 1310. The first-order valence-corrected chi connectivity index (χ1v) is 9.55. The number of hydrazone groups is 1. The maximum absolute atomic E-state index is 13.2. The normalized spacial score (nSPS) is 17.6. The molecule has 0 unspecified atom stereocenters. The first-order chi connectivity index (χ1) is 15.4. The number of Topliss-reactive ketones (excluding diaryl/α,β-unsaturated/α-hetero) is 1. The summed E-state index contributed by atoms with van der Waals surface area (Å²) >= 11 is 5.86. The van der Waals surface area contributed by atoms with Crippen LogP contribution < -0.4 is 10.3 Å². The Morgan fingerprint density at radius 1 is 1.16 bits per heavy atom. The molecule has 11 heteroatoms. The van der Waals surface area contributed by atoms with E-state index in [-0.39, 0.29) is 11.6 Å². The molecule has 1 fully saturated rings. The van der Waals surface area contributed by atoms with E-state index in [2.05, 4.69) is 15.5 Å². The maximum atomic E-state index is 13.2. The van der Waals surface area contributed by atoms with E-state index >= 15 is 0 Å². The number of rotatable bonds is 4. The minimum absolute atomic E-state index is 0.0878. The average molecular weight is 450 g/mol. The van der Waals surface area contributed by atoms with E-state index in [1.807, 2.05) is 0 Å². The van der Waals surface area contributed by atoms with Crippen LogP contribution in [0.15, 0.2) is 58.0 Å². The fraction of sp³-hybridized carbons (Fsp3) is 0.0952. The quantitative estimate of drug-likeness (QED) is 0.364. The van der Waals surface area contributed by atoms with Crippen molar-refractivity contribution in [3.05, 3.63) is 59.4 Å². The molecule has 0 radical (unpaired) electrons. The molecule has 3 aromatic rings. The van der Waals surface area contributed by atoms with E-state index in [0.29, 0.717) is 21.0 Å². The number of nitriles is 1. The van der Waals surface area contributed by atoms with Crippen molar-refractivity contribution in [3.63, 3.8) is 0 Å². The molecule has 1 aliphatic rings. The van der Waals surface area contributed by atoms with Crippen LogP contribution in [0.3, 0.4) is 0 Å². The number of amides is 3. The van der Waals surface area contributed by atoms with Crippen LogP contribution in [0.2, 0.25) is 5.02 Å². The molecule has 0 aliphatic carbocycles. The van der Waals surface area contributed by atoms with Gasteiger partial charge in [0.2, 0.25) is 11.7 Å². The zero-order valence-corrected chi connectivity index (χ0v) is 16.9. The molecule has 1 N–H and O–H groups in total. The van der Waals surface area contributed by atoms with Gasteiger partial charge in [-0.1, -0.05) is 23.7 Å². The third kappa shape index (κ3) is 3.73. The van der Waals surface area contributed by atoms with Gasteiger partial charge in [-0.15, -0.1) is 0 Å². The first-order valence-electron chi connectivity index (χ1n) is 9.17. The van der Waals surface area contributed by atoms with Gasteiger partial charge in [-0.05, 0) is 36.4 Å². The first kappa shape index (κ1) is 20.9. The largest absolute Gasteiger partial charge is 0.439 e. The van der Waals surface area contributed by atoms with Crippen molar-refractivity contribution in [3.8, 4) is 6.07 Å². The van der Waals surface area contributed by atoms with Crippen molar-refractivity contribution < 1.29 is 23.6 Å². The van der Waals surface area contributed by atoms with Crippen molar-refractivity contribution in [2.24, 2.45) is 5.10 Å². The predicted molar refractivity (Wildman–Crippen MR) is 112 cm³/mol. The molecule has 0 bridgehead atoms. The van der Waals surface area contributed by atoms with Gasteiger partial charge in [-0.25, -0.2) is 15.3 Å². The fourth-order valence-electron chi connectivity index (χ4n) is 3.10. The molecular formula is C21H12ClN5O5. The van der Waals surface area contributed by atoms with Crippen molar-refractivity contribution in [1.82, 2.24) is 10.4 Å². The summed E-state index contributed by atoms with van der Waals surface area (Å²) in [6.07, 6.45) is -0.522. The summed E-state index contributed by atoms with van der Waals surface area (Å²) < 4.78 is 5.60. The van der Waals surface area contributed by atoms with Crippen LogP contribution >= 0.6 is 11.6 Å². The number of carbonyl (C=O) groups excluding carboxylic acids is 4. The lowest BCUT2D eigenvalue weighted by Crippen LogP contribution is -2.55. The fourth-order valence-corrected chi connectivity index (χ4v) is 3.23. The highest BCUT2D eigenvalue weighted by Crippen LogP contribution is 2.30. The number of aromatic nitrogens is 1. The number of benzene rings is 2. The van der Waals surface area contributed by atoms with Crippen LogP contribution in [0.1, 0.15) is 18.2 Å². The van der Waals surface area contributed by atoms with Gasteiger partial charge >= 0.3 is 5.91 Å². The van der Waals surface area contributed by atoms with Crippen molar-refractivity contribution in [1.29, 1.82) is 5.26 Å². The molecule has 2 heterocycles. The van der Waals surface area contributed by atoms with Gasteiger partial charge < -0.3 is 4.42 Å². The lowest BCUT2D eigenvalue weighted by atomic mass is 9.91. The minimum atomic E-state index is -1.58. The highest BCUT2D eigenvalue weighted by atomic mass is 35.5. The number of para-hydroxylation sites is 2. The van der Waals surface area contributed by atoms with Gasteiger partial charge in [0.25, 0.3) is 11.8 Å². The number of anilines is 1. The molecule has 0 saturated carbocycles. The van der Waals surface area contributed by atoms with E-state index in [4.69, 9.17) is 21.3 Å². The number of carbonyl (C=O) groups is 4. The molecule has 10 nitrogen and oxygen atoms in total. The summed E-state index contributed by atoms with van der Waals surface area (Å²) in [6, 6.07) is 13.9. The van der Waals surface area contributed by atoms with Crippen molar-refractivity contribution in [2.75, 3.05) is 4.90 Å². The van der Waals surface area contributed by atoms with Crippen LogP contribution in [0.5, 0.6) is 0 Å². The van der Waals surface area contributed by atoms with E-state index in [0.717, 1.165) is 0 Å². The van der Waals surface area contributed by atoms with E-state index < -0.39 is 41.6 Å². The van der Waals surface area contributed by atoms with Crippen LogP contribution in [-0.4, -0.2) is 34.2 Å². The number of hydrogen-bond donors (Lipinski definition) is 1. The lowest BCUT2D eigenvalue weighted by Gasteiger charge is -2.28. The minimum Gasteiger partial charge on any atom is -0.439 e. The van der Waals surface area contributed by atoms with Gasteiger partial charge in [-0.2, -0.15) is 10.4 Å². The monoisotopic (exact) mass is 449 g/mol. The maximum Gasteiger partial charge on any atom is 0.302 e. The zero-order valence-electron chi connectivity index (χ0n) is 16.1. The smallest absolute Gasteiger partial charge is 0.302 e. The number of fused-ring (bicyclic) bond motifs is 1. The van der Waals surface area contributed by atoms with Gasteiger partial charge in [0.1, 0.15) is 17.6 Å². The Kier molecular flexibility index (Phi) is 5.49. The second-order valence-corrected chi connectivity index (χ2v) is 7.04. The van der Waals surface area contributed by atoms with Crippen LogP contribution in [0.25, 0.3) is 11.1 Å². The summed E-state index contributed by atoms with van der Waals surface area (Å²) in [5.41, 5.74) is 2.40. The molecule has 1 aromatic heterocycles. The summed E-state index contributed by atoms with van der Waals surface area (Å²) in [5.74, 6) is -5.70. The zero-order chi connectivity index (χ0) is 22.8. The number of hydrogen-bond acceptors (Lipinski definition) is 8. The molecular weight excluding hydrogens is 438 g/mol. The molecule has 4 rings (SSSR count). The predicted octanol–water partition coefficient (Wildman–Crippen LogP) is 2.09. The molecule has 158 valence electrons. The molecule has 3 amide bonds. The van der Waals surface area contributed by atoms with Gasteiger partial charge in [-0.3, -0.25) is 19.2 Å². The Hall–Kier alpha value is -4.36. The molecule has 0 spiro atoms. The van der Waals surface area contributed by atoms with E-state index in [1.54, 1.807) is 30.3 Å². The second-order valence-electron chi connectivity index (χ2n) is 6.61. The summed E-state index contributed by atoms with van der Waals surface area (Å²) in [5, 5.41) is 12.8. The van der Waals surface area contributed by atoms with E-state index in [9.17, 15) is 19.2 Å². The van der Waals surface area contributed by atoms with Crippen molar-refractivity contribution >= 4 is 57.6 Å². The molecule has 32 heavy (non-hydrogen) atoms. The number of nitrogens with zero attached hydrogens (tertiary/aromatic N) is 4. The van der Waals surface area contributed by atoms with Gasteiger partial charge in [0, 0.05) is 5.02 Å². The SMILES string of the molecule is N#CCC(=O)N/N=C1\C(=O)N(c2ccc(Cl)cc2)C(=O)C(=O)[C@@H]1c1nc2ccccc2o1. The molecule has 1 aliphatic heterocycles. The number of nitrogens with one attached hydrogen (secondary N) is 1. The van der Waals surface area contributed by atoms with Crippen LogP contribution in [-0.2, 0) is 19.2 Å². The molecule has 1 saturated heterocycles. The number of ketones is 1.